The molecule has 2 atom stereocenters. The van der Waals surface area contributed by atoms with Gasteiger partial charge < -0.3 is 19.7 Å². The summed E-state index contributed by atoms with van der Waals surface area (Å²) in [4.78, 5) is 22.7. The molecule has 3 aromatic heterocycles. The number of anilines is 1. The van der Waals surface area contributed by atoms with Gasteiger partial charge in [-0.15, -0.1) is 0 Å². The predicted octanol–water partition coefficient (Wildman–Crippen LogP) is 4.43. The van der Waals surface area contributed by atoms with E-state index in [1.165, 1.54) is 4.90 Å². The first-order valence-corrected chi connectivity index (χ1v) is 10.6. The summed E-state index contributed by atoms with van der Waals surface area (Å²) >= 11 is 6.27. The van der Waals surface area contributed by atoms with E-state index in [-0.39, 0.29) is 13.1 Å². The van der Waals surface area contributed by atoms with Crippen molar-refractivity contribution in [2.24, 2.45) is 0 Å². The molecule has 0 unspecified atom stereocenters. The normalized spacial score (nSPS) is 18.8. The van der Waals surface area contributed by atoms with E-state index in [0.29, 0.717) is 27.9 Å². The Morgan fingerprint density at radius 2 is 2.09 bits per heavy atom. The van der Waals surface area contributed by atoms with Crippen LogP contribution >= 0.6 is 11.6 Å². The number of methoxy groups -OCH3 is 1. The Hall–Kier alpha value is -3.07. The number of ether oxygens (including phenoxy) is 2. The number of fused-ring (bicyclic) bond motifs is 1. The number of alkyl halides is 1. The fourth-order valence-corrected chi connectivity index (χ4v) is 3.78. The second-order valence-corrected chi connectivity index (χ2v) is 9.03. The molecule has 10 heteroatoms. The monoisotopic (exact) mass is 461 g/mol. The number of rotatable bonds is 4. The molecule has 32 heavy (non-hydrogen) atoms. The zero-order valence-electron chi connectivity index (χ0n) is 18.3. The van der Waals surface area contributed by atoms with E-state index < -0.39 is 23.9 Å². The summed E-state index contributed by atoms with van der Waals surface area (Å²) in [5.41, 5.74) is 1.40. The fourth-order valence-electron chi connectivity index (χ4n) is 3.55. The number of hydrogen-bond acceptors (Lipinski definition) is 6. The van der Waals surface area contributed by atoms with Crippen molar-refractivity contribution in [3.05, 3.63) is 41.7 Å². The van der Waals surface area contributed by atoms with Gasteiger partial charge in [0.25, 0.3) is 0 Å². The van der Waals surface area contributed by atoms with Crippen molar-refractivity contribution >= 4 is 29.2 Å². The molecular formula is C22H25ClFN5O3. The summed E-state index contributed by atoms with van der Waals surface area (Å²) in [5, 5.41) is 3.55. The summed E-state index contributed by atoms with van der Waals surface area (Å²) in [5.74, 6) is 1.03. The first kappa shape index (κ1) is 22.1. The van der Waals surface area contributed by atoms with Crippen molar-refractivity contribution in [1.82, 2.24) is 19.3 Å². The predicted molar refractivity (Wildman–Crippen MR) is 120 cm³/mol. The van der Waals surface area contributed by atoms with Crippen LogP contribution in [0.25, 0.3) is 17.0 Å². The van der Waals surface area contributed by atoms with E-state index in [1.54, 1.807) is 52.4 Å². The third-order valence-corrected chi connectivity index (χ3v) is 5.31. The summed E-state index contributed by atoms with van der Waals surface area (Å²) in [6.07, 6.45) is 1.64. The molecule has 1 aliphatic heterocycles. The van der Waals surface area contributed by atoms with Crippen LogP contribution in [0.5, 0.6) is 5.75 Å². The van der Waals surface area contributed by atoms with Crippen LogP contribution in [0.15, 0.2) is 36.7 Å². The van der Waals surface area contributed by atoms with Gasteiger partial charge in [0.1, 0.15) is 29.0 Å². The number of amides is 1. The summed E-state index contributed by atoms with van der Waals surface area (Å²) < 4.78 is 27.0. The lowest BCUT2D eigenvalue weighted by molar-refractivity contribution is 0.0283. The van der Waals surface area contributed by atoms with E-state index in [4.69, 9.17) is 21.1 Å². The molecule has 0 saturated carbocycles. The smallest absolute Gasteiger partial charge is 0.410 e. The minimum atomic E-state index is -1.24. The number of imidazole rings is 1. The Kier molecular flexibility index (Phi) is 5.85. The largest absolute Gasteiger partial charge is 0.495 e. The summed E-state index contributed by atoms with van der Waals surface area (Å²) in [6, 6.07) is 6.56. The highest BCUT2D eigenvalue weighted by Gasteiger charge is 2.37. The number of hydrogen-bond donors (Lipinski definition) is 1. The van der Waals surface area contributed by atoms with Crippen LogP contribution in [0.3, 0.4) is 0 Å². The SMILES string of the molecule is COc1cc2ncc(-c3cccc(N[C@H]4CN(C(=O)OC(C)(C)C)C[C@@H]4F)n3)n2cc1Cl. The molecule has 170 valence electrons. The summed E-state index contributed by atoms with van der Waals surface area (Å²) in [6.45, 7) is 5.50. The minimum absolute atomic E-state index is 0.0279. The zero-order valence-corrected chi connectivity index (χ0v) is 19.1. The highest BCUT2D eigenvalue weighted by atomic mass is 35.5. The number of halogens is 2. The van der Waals surface area contributed by atoms with Crippen molar-refractivity contribution in [2.45, 2.75) is 38.6 Å². The second kappa shape index (κ2) is 8.46. The maximum atomic E-state index is 14.6. The number of nitrogens with zero attached hydrogens (tertiary/aromatic N) is 4. The van der Waals surface area contributed by atoms with Gasteiger partial charge >= 0.3 is 6.09 Å². The van der Waals surface area contributed by atoms with Crippen molar-refractivity contribution in [3.63, 3.8) is 0 Å². The van der Waals surface area contributed by atoms with E-state index in [2.05, 4.69) is 15.3 Å². The van der Waals surface area contributed by atoms with E-state index in [0.717, 1.165) is 5.69 Å². The lowest BCUT2D eigenvalue weighted by atomic mass is 10.2. The van der Waals surface area contributed by atoms with E-state index in [9.17, 15) is 9.18 Å². The zero-order chi connectivity index (χ0) is 23.0. The molecule has 0 aliphatic carbocycles. The van der Waals surface area contributed by atoms with Crippen LogP contribution in [0.1, 0.15) is 20.8 Å². The van der Waals surface area contributed by atoms with Crippen LogP contribution in [0, 0.1) is 0 Å². The number of carbonyl (C=O) groups is 1. The molecule has 4 rings (SSSR count). The van der Waals surface area contributed by atoms with Gasteiger partial charge in [-0.2, -0.15) is 0 Å². The first-order valence-electron chi connectivity index (χ1n) is 10.2. The average molecular weight is 462 g/mol. The number of pyridine rings is 2. The number of aromatic nitrogens is 3. The molecule has 0 aromatic carbocycles. The molecular weight excluding hydrogens is 437 g/mol. The molecule has 1 amide bonds. The van der Waals surface area contributed by atoms with Crippen LogP contribution in [0.2, 0.25) is 5.02 Å². The Bertz CT molecular complexity index is 1150. The fraction of sp³-hybridized carbons (Fsp3) is 0.409. The molecule has 1 fully saturated rings. The van der Waals surface area contributed by atoms with Crippen molar-refractivity contribution in [1.29, 1.82) is 0 Å². The van der Waals surface area contributed by atoms with Crippen molar-refractivity contribution < 1.29 is 18.7 Å². The molecule has 0 spiro atoms. The van der Waals surface area contributed by atoms with Gasteiger partial charge in [0.2, 0.25) is 0 Å². The molecule has 1 saturated heterocycles. The number of carbonyl (C=O) groups excluding carboxylic acids is 1. The molecule has 0 radical (unpaired) electrons. The van der Waals surface area contributed by atoms with Gasteiger partial charge in [-0.1, -0.05) is 17.7 Å². The van der Waals surface area contributed by atoms with Gasteiger partial charge in [0.05, 0.1) is 42.3 Å². The molecule has 3 aromatic rings. The van der Waals surface area contributed by atoms with Gasteiger partial charge in [-0.3, -0.25) is 4.40 Å². The number of likely N-dealkylation sites (tertiary alicyclic amines) is 1. The molecule has 1 aliphatic rings. The quantitative estimate of drug-likeness (QED) is 0.619. The maximum Gasteiger partial charge on any atom is 0.410 e. The first-order chi connectivity index (χ1) is 15.1. The minimum Gasteiger partial charge on any atom is -0.495 e. The van der Waals surface area contributed by atoms with Crippen LogP contribution in [0.4, 0.5) is 15.0 Å². The van der Waals surface area contributed by atoms with E-state index in [1.807, 2.05) is 16.5 Å². The van der Waals surface area contributed by atoms with E-state index >= 15 is 0 Å². The van der Waals surface area contributed by atoms with Gasteiger partial charge in [0, 0.05) is 18.8 Å². The lowest BCUT2D eigenvalue weighted by Gasteiger charge is -2.24. The van der Waals surface area contributed by atoms with Crippen LogP contribution in [-0.4, -0.2) is 63.4 Å². The average Bonchev–Trinajstić information content (AvgIpc) is 3.29. The second-order valence-electron chi connectivity index (χ2n) is 8.62. The molecule has 8 nitrogen and oxygen atoms in total. The third kappa shape index (κ3) is 4.57. The standard InChI is InChI=1S/C22H25ClFN5O3/c1-22(2,3)32-21(30)28-11-14(24)16(12-28)27-19-7-5-6-15(26-19)17-9-25-20-8-18(31-4)13(23)10-29(17)20/h5-10,14,16H,11-12H2,1-4H3,(H,26,27)/t14-,16-/m0/s1. The Morgan fingerprint density at radius 3 is 2.81 bits per heavy atom. The Labute approximate surface area is 190 Å². The van der Waals surface area contributed by atoms with Crippen LogP contribution < -0.4 is 10.1 Å². The lowest BCUT2D eigenvalue weighted by Crippen LogP contribution is -2.36. The molecule has 4 heterocycles. The van der Waals surface area contributed by atoms with Gasteiger partial charge in [-0.25, -0.2) is 19.2 Å². The Morgan fingerprint density at radius 1 is 1.31 bits per heavy atom. The highest BCUT2D eigenvalue weighted by Crippen LogP contribution is 2.29. The third-order valence-electron chi connectivity index (χ3n) is 5.03. The number of nitrogens with one attached hydrogen (secondary N) is 1. The Balaban J connectivity index is 1.52. The topological polar surface area (TPSA) is 81.0 Å². The van der Waals surface area contributed by atoms with Gasteiger partial charge in [-0.05, 0) is 32.9 Å². The van der Waals surface area contributed by atoms with Crippen molar-refractivity contribution in [3.8, 4) is 17.1 Å². The highest BCUT2D eigenvalue weighted by molar-refractivity contribution is 6.32. The molecule has 1 N–H and O–H groups in total. The van der Waals surface area contributed by atoms with Crippen molar-refractivity contribution in [2.75, 3.05) is 25.5 Å². The molecule has 0 bridgehead atoms. The maximum absolute atomic E-state index is 14.6. The van der Waals surface area contributed by atoms with Crippen LogP contribution in [-0.2, 0) is 4.74 Å². The summed E-state index contributed by atoms with van der Waals surface area (Å²) in [7, 11) is 1.55. The van der Waals surface area contributed by atoms with Gasteiger partial charge in [0.15, 0.2) is 0 Å².